The average Bonchev–Trinajstić information content (AvgIpc) is 3.64. The molecule has 3 aliphatic rings. The van der Waals surface area contributed by atoms with Crippen LogP contribution in [-0.4, -0.2) is 0 Å². The summed E-state index contributed by atoms with van der Waals surface area (Å²) in [5.74, 6) is 0. The minimum atomic E-state index is -3.14. The molecule has 0 bridgehead atoms. The van der Waals surface area contributed by atoms with E-state index in [9.17, 15) is 0 Å². The summed E-state index contributed by atoms with van der Waals surface area (Å²) in [4.78, 5) is 0. The van der Waals surface area contributed by atoms with Crippen molar-refractivity contribution in [1.82, 2.24) is 0 Å². The summed E-state index contributed by atoms with van der Waals surface area (Å²) in [5.41, 5.74) is 18.9. The van der Waals surface area contributed by atoms with Crippen LogP contribution in [0, 0.1) is 19.3 Å². The van der Waals surface area contributed by atoms with Gasteiger partial charge in [0.2, 0.25) is 0 Å². The molecule has 5 aromatic rings. The van der Waals surface area contributed by atoms with Crippen LogP contribution in [-0.2, 0) is 26.4 Å². The molecule has 0 saturated carbocycles. The van der Waals surface area contributed by atoms with Crippen LogP contribution < -0.4 is 0 Å². The van der Waals surface area contributed by atoms with Gasteiger partial charge < -0.3 is 0 Å². The molecular formula is C43H40Hf. The van der Waals surface area contributed by atoms with E-state index in [-0.39, 0.29) is 5.41 Å². The first-order valence-electron chi connectivity index (χ1n) is 16.1. The Kier molecular flexibility index (Phi) is 6.51. The second kappa shape index (κ2) is 10.2. The van der Waals surface area contributed by atoms with Gasteiger partial charge in [0, 0.05) is 0 Å². The number of benzene rings is 5. The van der Waals surface area contributed by atoms with E-state index < -0.39 is 20.0 Å². The van der Waals surface area contributed by atoms with E-state index in [1.54, 1.807) is 22.3 Å². The standard InChI is InChI=1S/C41H34.2CH3.Hf/c1-28-15-19-31(20-16-28)37-13-7-11-33-23-35(25-39(33)37)41(3,27-30-9-5-4-6-10-30)36-24-34-12-8-14-38(40(34)26-36)32-21-17-29(2)18-22-32;;;/h4-26H,27H2,1-3H3;2*1H3;. The zero-order chi connectivity index (χ0) is 30.2. The quantitative estimate of drug-likeness (QED) is 0.161. The van der Waals surface area contributed by atoms with Crippen molar-refractivity contribution in [2.75, 3.05) is 0 Å². The first kappa shape index (κ1) is 28.0. The maximum absolute atomic E-state index is 3.14. The van der Waals surface area contributed by atoms with E-state index in [4.69, 9.17) is 0 Å². The molecule has 1 fully saturated rings. The molecule has 1 heteroatoms. The van der Waals surface area contributed by atoms with E-state index in [0.29, 0.717) is 7.35 Å². The van der Waals surface area contributed by atoms with Crippen LogP contribution in [0.3, 0.4) is 0 Å². The van der Waals surface area contributed by atoms with Gasteiger partial charge in [0.05, 0.1) is 0 Å². The Morgan fingerprint density at radius 1 is 0.545 bits per heavy atom. The van der Waals surface area contributed by atoms with Gasteiger partial charge in [-0.25, -0.2) is 0 Å². The first-order valence-corrected chi connectivity index (χ1v) is 27.5. The van der Waals surface area contributed by atoms with Crippen LogP contribution >= 0.6 is 0 Å². The van der Waals surface area contributed by atoms with Crippen molar-refractivity contribution in [2.24, 2.45) is 5.41 Å². The summed E-state index contributed by atoms with van der Waals surface area (Å²) >= 11 is -3.14. The Hall–Kier alpha value is -3.55. The van der Waals surface area contributed by atoms with Crippen LogP contribution in [0.1, 0.15) is 53.2 Å². The Morgan fingerprint density at radius 3 is 1.45 bits per heavy atom. The molecule has 216 valence electrons. The third-order valence-corrected chi connectivity index (χ3v) is 26.2. The van der Waals surface area contributed by atoms with Crippen LogP contribution in [0.15, 0.2) is 126 Å². The van der Waals surface area contributed by atoms with Gasteiger partial charge in [-0.05, 0) is 0 Å². The summed E-state index contributed by atoms with van der Waals surface area (Å²) < 4.78 is 6.64. The molecule has 0 amide bonds. The van der Waals surface area contributed by atoms with Crippen molar-refractivity contribution in [3.8, 4) is 22.3 Å². The van der Waals surface area contributed by atoms with Gasteiger partial charge in [-0.1, -0.05) is 0 Å². The Balaban J connectivity index is 1.36. The van der Waals surface area contributed by atoms with Crippen molar-refractivity contribution in [2.45, 2.75) is 43.9 Å². The summed E-state index contributed by atoms with van der Waals surface area (Å²) in [7, 11) is 0. The molecule has 1 saturated heterocycles. The van der Waals surface area contributed by atoms with Crippen molar-refractivity contribution in [3.63, 3.8) is 0 Å². The molecule has 0 N–H and O–H groups in total. The van der Waals surface area contributed by atoms with Crippen molar-refractivity contribution in [3.05, 3.63) is 165 Å². The summed E-state index contributed by atoms with van der Waals surface area (Å²) in [5, 5.41) is 0. The molecule has 5 aromatic carbocycles. The molecule has 8 rings (SSSR count). The second-order valence-electron chi connectivity index (χ2n) is 14.2. The fourth-order valence-corrected chi connectivity index (χ4v) is 26.3. The number of hydrogen-bond donors (Lipinski definition) is 0. The van der Waals surface area contributed by atoms with Gasteiger partial charge in [0.1, 0.15) is 0 Å². The van der Waals surface area contributed by atoms with Crippen LogP contribution in [0.4, 0.5) is 0 Å². The van der Waals surface area contributed by atoms with E-state index in [2.05, 4.69) is 158 Å². The predicted molar refractivity (Wildman–Crippen MR) is 185 cm³/mol. The third kappa shape index (κ3) is 4.19. The third-order valence-electron chi connectivity index (χ3n) is 11.0. The van der Waals surface area contributed by atoms with Gasteiger partial charge >= 0.3 is 269 Å². The minimum absolute atomic E-state index is 0.0562. The zero-order valence-corrected chi connectivity index (χ0v) is 30.1. The molecule has 2 unspecified atom stereocenters. The normalized spacial score (nSPS) is 22.4. The number of fused-ring (bicyclic) bond motifs is 6. The summed E-state index contributed by atoms with van der Waals surface area (Å²) in [6, 6.07) is 43.8. The fourth-order valence-electron chi connectivity index (χ4n) is 8.87. The number of rotatable bonds is 4. The molecular weight excluding hydrogens is 695 g/mol. The van der Waals surface area contributed by atoms with Crippen LogP contribution in [0.5, 0.6) is 0 Å². The topological polar surface area (TPSA) is 0 Å². The zero-order valence-electron chi connectivity index (χ0n) is 26.5. The SMILES string of the molecule is Cc1ccc(-c2cccc3c2C=C2[CH]3[Hf]([CH3])([CH3])[CH]3C(=Cc4c(-c5ccc(C)cc5)cccc43)C2(C)Cc2ccccc2)cc1. The van der Waals surface area contributed by atoms with Gasteiger partial charge in [0.25, 0.3) is 0 Å². The van der Waals surface area contributed by atoms with Gasteiger partial charge in [-0.2, -0.15) is 0 Å². The Morgan fingerprint density at radius 2 is 1.00 bits per heavy atom. The molecule has 2 atom stereocenters. The number of aryl methyl sites for hydroxylation is 2. The molecule has 2 aliphatic carbocycles. The van der Waals surface area contributed by atoms with Crippen LogP contribution in [0.2, 0.25) is 9.36 Å². The maximum atomic E-state index is 2.76. The molecule has 0 nitrogen and oxygen atoms in total. The molecule has 0 radical (unpaired) electrons. The fraction of sp³-hybridized carbons (Fsp3) is 0.209. The second-order valence-corrected chi connectivity index (χ2v) is 31.5. The van der Waals surface area contributed by atoms with E-state index in [1.807, 2.05) is 0 Å². The molecule has 0 aromatic heterocycles. The van der Waals surface area contributed by atoms with Crippen LogP contribution in [0.25, 0.3) is 34.4 Å². The van der Waals surface area contributed by atoms with Crippen molar-refractivity contribution in [1.29, 1.82) is 0 Å². The number of allylic oxidation sites excluding steroid dienone is 2. The van der Waals surface area contributed by atoms with Gasteiger partial charge in [-0.15, -0.1) is 0 Å². The van der Waals surface area contributed by atoms with E-state index in [0.717, 1.165) is 6.42 Å². The average molecular weight is 735 g/mol. The monoisotopic (exact) mass is 736 g/mol. The molecule has 1 heterocycles. The van der Waals surface area contributed by atoms with Gasteiger partial charge in [-0.3, -0.25) is 0 Å². The Labute approximate surface area is 267 Å². The summed E-state index contributed by atoms with van der Waals surface area (Å²) in [6.45, 7) is 6.93. The van der Waals surface area contributed by atoms with E-state index in [1.165, 1.54) is 50.1 Å². The van der Waals surface area contributed by atoms with E-state index >= 15 is 0 Å². The van der Waals surface area contributed by atoms with Gasteiger partial charge in [0.15, 0.2) is 0 Å². The number of hydrogen-bond acceptors (Lipinski definition) is 0. The molecule has 0 spiro atoms. The predicted octanol–water partition coefficient (Wildman–Crippen LogP) is 11.7. The Bertz CT molecular complexity index is 1850. The van der Waals surface area contributed by atoms with Crippen molar-refractivity contribution >= 4 is 12.2 Å². The first-order chi connectivity index (χ1) is 21.3. The van der Waals surface area contributed by atoms with Crippen molar-refractivity contribution < 1.29 is 20.0 Å². The molecule has 44 heavy (non-hydrogen) atoms. The molecule has 1 aliphatic heterocycles. The summed E-state index contributed by atoms with van der Waals surface area (Å²) in [6.07, 6.45) is 6.34.